The Labute approximate surface area is 136 Å². The summed E-state index contributed by atoms with van der Waals surface area (Å²) in [6.45, 7) is 0.247. The van der Waals surface area contributed by atoms with Gasteiger partial charge in [0, 0.05) is 30.6 Å². The van der Waals surface area contributed by atoms with Gasteiger partial charge in [-0.25, -0.2) is 14.2 Å². The molecule has 0 aliphatic carbocycles. The normalized spacial score (nSPS) is 10.7. The third-order valence-corrected chi connectivity index (χ3v) is 4.08. The Balaban J connectivity index is 1.61. The summed E-state index contributed by atoms with van der Waals surface area (Å²) in [6.07, 6.45) is 4.18. The number of rotatable bonds is 5. The van der Waals surface area contributed by atoms with E-state index in [1.54, 1.807) is 34.5 Å². The number of hydrogen-bond donors (Lipinski definition) is 0. The maximum Gasteiger partial charge on any atom is 0.357 e. The number of halogens is 1. The van der Waals surface area contributed by atoms with Crippen LogP contribution in [0.25, 0.3) is 10.6 Å². The minimum Gasteiger partial charge on any atom is -0.461 e. The molecule has 0 N–H and O–H groups in total. The first kappa shape index (κ1) is 15.4. The molecule has 0 aliphatic heterocycles. The van der Waals surface area contributed by atoms with Gasteiger partial charge in [-0.15, -0.1) is 11.3 Å². The second-order valence-corrected chi connectivity index (χ2v) is 5.78. The van der Waals surface area contributed by atoms with Crippen LogP contribution in [0.5, 0.6) is 0 Å². The Kier molecular flexibility index (Phi) is 4.47. The first-order chi connectivity index (χ1) is 11.1. The molecule has 3 rings (SSSR count). The Morgan fingerprint density at radius 1 is 1.39 bits per heavy atom. The number of benzene rings is 1. The fourth-order valence-corrected chi connectivity index (χ4v) is 2.88. The minimum atomic E-state index is -0.507. The van der Waals surface area contributed by atoms with Gasteiger partial charge in [0.05, 0.1) is 12.8 Å². The van der Waals surface area contributed by atoms with Crippen molar-refractivity contribution >= 4 is 17.3 Å². The van der Waals surface area contributed by atoms with Crippen LogP contribution in [0.4, 0.5) is 4.39 Å². The lowest BCUT2D eigenvalue weighted by Crippen LogP contribution is -2.08. The summed E-state index contributed by atoms with van der Waals surface area (Å²) in [5.74, 6) is -0.869. The summed E-state index contributed by atoms with van der Waals surface area (Å²) in [5, 5.41) is 6.09. The number of carbonyl (C=O) groups is 1. The van der Waals surface area contributed by atoms with Crippen LogP contribution in [0.1, 0.15) is 16.1 Å². The molecule has 23 heavy (non-hydrogen) atoms. The second kappa shape index (κ2) is 6.70. The quantitative estimate of drug-likeness (QED) is 0.674. The fraction of sp³-hybridized carbons (Fsp3) is 0.188. The number of ether oxygens (including phenoxy) is 1. The molecule has 7 heteroatoms. The van der Waals surface area contributed by atoms with Crippen LogP contribution in [-0.2, 0) is 18.2 Å². The van der Waals surface area contributed by atoms with Gasteiger partial charge < -0.3 is 4.74 Å². The molecule has 1 aromatic carbocycles. The van der Waals surface area contributed by atoms with Crippen molar-refractivity contribution in [3.05, 3.63) is 59.1 Å². The lowest BCUT2D eigenvalue weighted by Gasteiger charge is -2.01. The van der Waals surface area contributed by atoms with Crippen LogP contribution in [0.2, 0.25) is 0 Å². The van der Waals surface area contributed by atoms with Crippen LogP contribution in [0, 0.1) is 5.82 Å². The lowest BCUT2D eigenvalue weighted by atomic mass is 10.2. The zero-order chi connectivity index (χ0) is 16.2. The monoisotopic (exact) mass is 331 g/mol. The summed E-state index contributed by atoms with van der Waals surface area (Å²) in [4.78, 5) is 16.1. The molecule has 0 fully saturated rings. The summed E-state index contributed by atoms with van der Waals surface area (Å²) < 4.78 is 20.6. The fourth-order valence-electron chi connectivity index (χ4n) is 2.06. The molecule has 0 radical (unpaired) electrons. The molecule has 0 bridgehead atoms. The van der Waals surface area contributed by atoms with Crippen molar-refractivity contribution in [2.24, 2.45) is 7.05 Å². The molecule has 2 heterocycles. The van der Waals surface area contributed by atoms with Crippen LogP contribution in [-0.4, -0.2) is 27.3 Å². The van der Waals surface area contributed by atoms with E-state index >= 15 is 0 Å². The number of hydrogen-bond acceptors (Lipinski definition) is 5. The predicted molar refractivity (Wildman–Crippen MR) is 84.7 cm³/mol. The summed E-state index contributed by atoms with van der Waals surface area (Å²) in [6, 6.07) is 6.33. The Morgan fingerprint density at radius 2 is 2.22 bits per heavy atom. The standard InChI is InChI=1S/C16H14FN3O2S/c1-20-9-11(8-18-20)6-7-22-16(21)14-10-23-15(19-14)12-4-2-3-5-13(12)17/h2-5,8-10H,6-7H2,1H3. The van der Waals surface area contributed by atoms with Crippen molar-refractivity contribution in [3.8, 4) is 10.6 Å². The molecule has 5 nitrogen and oxygen atoms in total. The molecule has 0 saturated heterocycles. The van der Waals surface area contributed by atoms with Gasteiger partial charge in [-0.3, -0.25) is 4.68 Å². The third kappa shape index (κ3) is 3.62. The van der Waals surface area contributed by atoms with Crippen molar-refractivity contribution in [1.82, 2.24) is 14.8 Å². The zero-order valence-electron chi connectivity index (χ0n) is 12.4. The van der Waals surface area contributed by atoms with Gasteiger partial charge >= 0.3 is 5.97 Å². The molecule has 0 unspecified atom stereocenters. The smallest absolute Gasteiger partial charge is 0.357 e. The first-order valence-electron chi connectivity index (χ1n) is 6.98. The highest BCUT2D eigenvalue weighted by atomic mass is 32.1. The SMILES string of the molecule is Cn1cc(CCOC(=O)c2csc(-c3ccccc3F)n2)cn1. The highest BCUT2D eigenvalue weighted by molar-refractivity contribution is 7.13. The van der Waals surface area contributed by atoms with Crippen molar-refractivity contribution in [3.63, 3.8) is 0 Å². The van der Waals surface area contributed by atoms with E-state index in [4.69, 9.17) is 4.74 Å². The van der Waals surface area contributed by atoms with Gasteiger partial charge in [0.2, 0.25) is 0 Å². The number of aryl methyl sites for hydroxylation is 1. The van der Waals surface area contributed by atoms with Crippen LogP contribution < -0.4 is 0 Å². The number of esters is 1. The molecule has 0 atom stereocenters. The van der Waals surface area contributed by atoms with Crippen LogP contribution >= 0.6 is 11.3 Å². The van der Waals surface area contributed by atoms with E-state index in [0.717, 1.165) is 5.56 Å². The van der Waals surface area contributed by atoms with Crippen molar-refractivity contribution < 1.29 is 13.9 Å². The molecule has 2 aromatic heterocycles. The van der Waals surface area contributed by atoms with E-state index in [-0.39, 0.29) is 18.1 Å². The summed E-state index contributed by atoms with van der Waals surface area (Å²) >= 11 is 1.21. The van der Waals surface area contributed by atoms with Gasteiger partial charge in [0.15, 0.2) is 5.69 Å². The van der Waals surface area contributed by atoms with Crippen molar-refractivity contribution in [1.29, 1.82) is 0 Å². The molecule has 0 aliphatic rings. The molecule has 118 valence electrons. The van der Waals surface area contributed by atoms with Gasteiger partial charge in [-0.2, -0.15) is 5.10 Å². The molecule has 0 saturated carbocycles. The average molecular weight is 331 g/mol. The Bertz CT molecular complexity index is 828. The molecule has 3 aromatic rings. The maximum absolute atomic E-state index is 13.7. The van der Waals surface area contributed by atoms with Gasteiger partial charge in [0.25, 0.3) is 0 Å². The molecular weight excluding hydrogens is 317 g/mol. The number of aromatic nitrogens is 3. The molecule has 0 amide bonds. The average Bonchev–Trinajstić information content (AvgIpc) is 3.17. The van der Waals surface area contributed by atoms with Gasteiger partial charge in [0.1, 0.15) is 10.8 Å². The first-order valence-corrected chi connectivity index (χ1v) is 7.86. The number of nitrogens with zero attached hydrogens (tertiary/aromatic N) is 3. The number of thiazole rings is 1. The number of carbonyl (C=O) groups excluding carboxylic acids is 1. The Morgan fingerprint density at radius 3 is 2.96 bits per heavy atom. The second-order valence-electron chi connectivity index (χ2n) is 4.93. The molecular formula is C16H14FN3O2S. The van der Waals surface area contributed by atoms with Crippen molar-refractivity contribution in [2.45, 2.75) is 6.42 Å². The maximum atomic E-state index is 13.7. The summed E-state index contributed by atoms with van der Waals surface area (Å²) in [5.41, 5.74) is 1.57. The van der Waals surface area contributed by atoms with Crippen LogP contribution in [0.3, 0.4) is 0 Å². The van der Waals surface area contributed by atoms with E-state index in [9.17, 15) is 9.18 Å². The Hall–Kier alpha value is -2.54. The van der Waals surface area contributed by atoms with E-state index in [1.165, 1.54) is 17.4 Å². The highest BCUT2D eigenvalue weighted by Crippen LogP contribution is 2.26. The van der Waals surface area contributed by atoms with Crippen LogP contribution in [0.15, 0.2) is 42.0 Å². The van der Waals surface area contributed by atoms with E-state index in [2.05, 4.69) is 10.1 Å². The minimum absolute atomic E-state index is 0.194. The lowest BCUT2D eigenvalue weighted by molar-refractivity contribution is 0.0503. The third-order valence-electron chi connectivity index (χ3n) is 3.20. The van der Waals surface area contributed by atoms with E-state index < -0.39 is 5.97 Å². The van der Waals surface area contributed by atoms with E-state index in [1.807, 2.05) is 13.2 Å². The predicted octanol–water partition coefficient (Wildman–Crippen LogP) is 3.08. The van der Waals surface area contributed by atoms with E-state index in [0.29, 0.717) is 17.0 Å². The molecule has 0 spiro atoms. The topological polar surface area (TPSA) is 57.0 Å². The van der Waals surface area contributed by atoms with Gasteiger partial charge in [-0.1, -0.05) is 12.1 Å². The van der Waals surface area contributed by atoms with Crippen molar-refractivity contribution in [2.75, 3.05) is 6.61 Å². The highest BCUT2D eigenvalue weighted by Gasteiger charge is 2.15. The van der Waals surface area contributed by atoms with Gasteiger partial charge in [-0.05, 0) is 17.7 Å². The largest absolute Gasteiger partial charge is 0.461 e. The summed E-state index contributed by atoms with van der Waals surface area (Å²) in [7, 11) is 1.83. The zero-order valence-corrected chi connectivity index (χ0v) is 13.2.